The van der Waals surface area contributed by atoms with Crippen molar-refractivity contribution in [1.29, 1.82) is 0 Å². The van der Waals surface area contributed by atoms with E-state index in [2.05, 4.69) is 66.6 Å². The number of pyridine rings is 1. The standard InChI is InChI=1S/C24H23BrN4O2/c25-23-11-20(31-28-23)13-27-24(30)22-10-17-5-1-2-7-19(17)15-29(22)14-16-9-18-6-3-4-8-21(18)26-12-16/h1-9,12,20,22H,10-11,13-15H2,(H,27,30). The topological polar surface area (TPSA) is 66.8 Å². The van der Waals surface area contributed by atoms with Crippen LogP contribution in [0.3, 0.4) is 0 Å². The molecule has 1 amide bonds. The molecule has 0 spiro atoms. The summed E-state index contributed by atoms with van der Waals surface area (Å²) in [5, 5.41) is 8.09. The van der Waals surface area contributed by atoms with E-state index in [1.54, 1.807) is 0 Å². The highest BCUT2D eigenvalue weighted by atomic mass is 79.9. The Morgan fingerprint density at radius 3 is 2.77 bits per heavy atom. The average Bonchev–Trinajstić information content (AvgIpc) is 3.22. The summed E-state index contributed by atoms with van der Waals surface area (Å²) in [6.45, 7) is 1.84. The second-order valence-electron chi connectivity index (χ2n) is 8.07. The van der Waals surface area contributed by atoms with Gasteiger partial charge in [-0.1, -0.05) is 47.6 Å². The van der Waals surface area contributed by atoms with Gasteiger partial charge in [-0.25, -0.2) is 0 Å². The van der Waals surface area contributed by atoms with Gasteiger partial charge in [-0.15, -0.1) is 0 Å². The fourth-order valence-electron chi connectivity index (χ4n) is 4.28. The third kappa shape index (κ3) is 4.48. The number of carbonyl (C=O) groups is 1. The summed E-state index contributed by atoms with van der Waals surface area (Å²) in [5.41, 5.74) is 4.59. The SMILES string of the molecule is O=C(NCC1CC(Br)=NO1)C1Cc2ccccc2CN1Cc1cnc2ccccc2c1. The number of oxime groups is 1. The van der Waals surface area contributed by atoms with Crippen LogP contribution in [0.1, 0.15) is 23.1 Å². The zero-order chi connectivity index (χ0) is 21.2. The predicted molar refractivity (Wildman–Crippen MR) is 124 cm³/mol. The van der Waals surface area contributed by atoms with Gasteiger partial charge in [0.2, 0.25) is 5.91 Å². The minimum absolute atomic E-state index is 0.0230. The molecule has 0 saturated carbocycles. The summed E-state index contributed by atoms with van der Waals surface area (Å²) in [4.78, 5) is 25.4. The molecule has 158 valence electrons. The van der Waals surface area contributed by atoms with Gasteiger partial charge in [-0.05, 0) is 51.2 Å². The molecule has 3 heterocycles. The first kappa shape index (κ1) is 20.2. The van der Waals surface area contributed by atoms with Crippen molar-refractivity contribution in [1.82, 2.24) is 15.2 Å². The van der Waals surface area contributed by atoms with Crippen LogP contribution in [-0.4, -0.2) is 39.1 Å². The van der Waals surface area contributed by atoms with Crippen molar-refractivity contribution < 1.29 is 9.63 Å². The molecule has 6 nitrogen and oxygen atoms in total. The van der Waals surface area contributed by atoms with E-state index < -0.39 is 0 Å². The summed E-state index contributed by atoms with van der Waals surface area (Å²) >= 11 is 3.34. The summed E-state index contributed by atoms with van der Waals surface area (Å²) in [5.74, 6) is 0.0230. The van der Waals surface area contributed by atoms with Crippen LogP contribution in [0.25, 0.3) is 10.9 Å². The van der Waals surface area contributed by atoms with Crippen molar-refractivity contribution in [2.45, 2.75) is 38.1 Å². The van der Waals surface area contributed by atoms with Crippen LogP contribution in [0.2, 0.25) is 0 Å². The molecule has 0 radical (unpaired) electrons. The van der Waals surface area contributed by atoms with Crippen LogP contribution in [0, 0.1) is 0 Å². The van der Waals surface area contributed by atoms with Crippen LogP contribution in [0.15, 0.2) is 65.9 Å². The van der Waals surface area contributed by atoms with E-state index in [0.29, 0.717) is 25.9 Å². The molecule has 1 aromatic heterocycles. The maximum Gasteiger partial charge on any atom is 0.237 e. The normalized spacial score (nSPS) is 20.7. The molecule has 0 bridgehead atoms. The lowest BCUT2D eigenvalue weighted by Gasteiger charge is -2.36. The Hall–Kier alpha value is -2.77. The number of fused-ring (bicyclic) bond motifs is 2. The highest BCUT2D eigenvalue weighted by molar-refractivity contribution is 9.18. The first-order valence-electron chi connectivity index (χ1n) is 10.5. The first-order chi connectivity index (χ1) is 15.2. The van der Waals surface area contributed by atoms with Crippen molar-refractivity contribution in [3.05, 3.63) is 77.5 Å². The van der Waals surface area contributed by atoms with Gasteiger partial charge in [0.1, 0.15) is 4.62 Å². The molecule has 0 aliphatic carbocycles. The zero-order valence-electron chi connectivity index (χ0n) is 17.0. The van der Waals surface area contributed by atoms with E-state index in [0.717, 1.165) is 27.6 Å². The lowest BCUT2D eigenvalue weighted by Crippen LogP contribution is -2.51. The maximum atomic E-state index is 13.2. The number of halogens is 1. The van der Waals surface area contributed by atoms with Gasteiger partial charge in [-0.2, -0.15) is 0 Å². The quantitative estimate of drug-likeness (QED) is 0.605. The fraction of sp³-hybridized carbons (Fsp3) is 0.292. The van der Waals surface area contributed by atoms with Crippen molar-refractivity contribution in [2.75, 3.05) is 6.54 Å². The van der Waals surface area contributed by atoms with Crippen molar-refractivity contribution in [3.63, 3.8) is 0 Å². The summed E-state index contributed by atoms with van der Waals surface area (Å²) < 4.78 is 0.781. The molecule has 2 aliphatic heterocycles. The van der Waals surface area contributed by atoms with Gasteiger partial charge in [0.15, 0.2) is 6.10 Å². The molecule has 2 aliphatic rings. The Kier molecular flexibility index (Phi) is 5.70. The highest BCUT2D eigenvalue weighted by Crippen LogP contribution is 2.26. The summed E-state index contributed by atoms with van der Waals surface area (Å²) in [6.07, 6.45) is 3.17. The van der Waals surface area contributed by atoms with Crippen molar-refractivity contribution in [3.8, 4) is 0 Å². The molecule has 31 heavy (non-hydrogen) atoms. The number of rotatable bonds is 5. The smallest absolute Gasteiger partial charge is 0.237 e. The van der Waals surface area contributed by atoms with E-state index in [4.69, 9.17) is 4.84 Å². The zero-order valence-corrected chi connectivity index (χ0v) is 18.6. The van der Waals surface area contributed by atoms with Crippen LogP contribution >= 0.6 is 15.9 Å². The Bertz CT molecular complexity index is 1150. The Morgan fingerprint density at radius 2 is 1.94 bits per heavy atom. The molecular weight excluding hydrogens is 456 g/mol. The number of hydrogen-bond donors (Lipinski definition) is 1. The summed E-state index contributed by atoms with van der Waals surface area (Å²) in [7, 11) is 0. The number of nitrogens with one attached hydrogen (secondary N) is 1. The van der Waals surface area contributed by atoms with Gasteiger partial charge >= 0.3 is 0 Å². The predicted octanol–water partition coefficient (Wildman–Crippen LogP) is 3.78. The Labute approximate surface area is 189 Å². The molecule has 0 fully saturated rings. The molecule has 7 heteroatoms. The lowest BCUT2D eigenvalue weighted by atomic mass is 9.93. The number of para-hydroxylation sites is 1. The second kappa shape index (κ2) is 8.77. The van der Waals surface area contributed by atoms with Crippen LogP contribution in [-0.2, 0) is 29.1 Å². The average molecular weight is 479 g/mol. The van der Waals surface area contributed by atoms with Gasteiger partial charge in [0.25, 0.3) is 0 Å². The lowest BCUT2D eigenvalue weighted by molar-refractivity contribution is -0.127. The van der Waals surface area contributed by atoms with E-state index >= 15 is 0 Å². The van der Waals surface area contributed by atoms with Crippen LogP contribution < -0.4 is 5.32 Å². The van der Waals surface area contributed by atoms with E-state index in [-0.39, 0.29) is 18.1 Å². The monoisotopic (exact) mass is 478 g/mol. The van der Waals surface area contributed by atoms with Gasteiger partial charge in [0, 0.05) is 31.1 Å². The molecule has 2 atom stereocenters. The van der Waals surface area contributed by atoms with E-state index in [1.807, 2.05) is 30.5 Å². The molecule has 0 saturated heterocycles. The van der Waals surface area contributed by atoms with Gasteiger partial charge in [-0.3, -0.25) is 14.7 Å². The van der Waals surface area contributed by atoms with E-state index in [9.17, 15) is 4.79 Å². The van der Waals surface area contributed by atoms with Crippen LogP contribution in [0.5, 0.6) is 0 Å². The maximum absolute atomic E-state index is 13.2. The highest BCUT2D eigenvalue weighted by Gasteiger charge is 2.32. The van der Waals surface area contributed by atoms with Crippen molar-refractivity contribution in [2.24, 2.45) is 5.16 Å². The number of carbonyl (C=O) groups excluding carboxylic acids is 1. The third-order valence-corrected chi connectivity index (χ3v) is 6.35. The summed E-state index contributed by atoms with van der Waals surface area (Å²) in [6, 6.07) is 18.4. The molecule has 3 aromatic rings. The number of hydrogen-bond acceptors (Lipinski definition) is 5. The van der Waals surface area contributed by atoms with E-state index in [1.165, 1.54) is 11.1 Å². The minimum Gasteiger partial charge on any atom is -0.390 e. The largest absolute Gasteiger partial charge is 0.390 e. The molecular formula is C24H23BrN4O2. The molecule has 2 aromatic carbocycles. The second-order valence-corrected chi connectivity index (χ2v) is 8.99. The van der Waals surface area contributed by atoms with Gasteiger partial charge in [0.05, 0.1) is 18.1 Å². The minimum atomic E-state index is -0.243. The van der Waals surface area contributed by atoms with Gasteiger partial charge < -0.3 is 10.2 Å². The fourth-order valence-corrected chi connectivity index (χ4v) is 4.72. The number of nitrogens with zero attached hydrogens (tertiary/aromatic N) is 3. The molecule has 2 unspecified atom stereocenters. The molecule has 1 N–H and O–H groups in total. The Morgan fingerprint density at radius 1 is 1.13 bits per heavy atom. The third-order valence-electron chi connectivity index (χ3n) is 5.88. The Balaban J connectivity index is 1.35. The first-order valence-corrected chi connectivity index (χ1v) is 11.3. The van der Waals surface area contributed by atoms with Crippen molar-refractivity contribution >= 4 is 37.4 Å². The van der Waals surface area contributed by atoms with Crippen LogP contribution in [0.4, 0.5) is 0 Å². The number of aromatic nitrogens is 1. The number of benzene rings is 2. The molecule has 5 rings (SSSR count). The number of amides is 1.